The molecule has 0 bridgehead atoms. The Morgan fingerprint density at radius 3 is 2.82 bits per heavy atom. The molecule has 1 saturated heterocycles. The number of amides is 1. The van der Waals surface area contributed by atoms with Gasteiger partial charge in [0.15, 0.2) is 0 Å². The summed E-state index contributed by atoms with van der Waals surface area (Å²) in [6.45, 7) is 7.93. The monoisotopic (exact) mass is 262 g/mol. The van der Waals surface area contributed by atoms with Crippen molar-refractivity contribution in [2.24, 2.45) is 0 Å². The summed E-state index contributed by atoms with van der Waals surface area (Å²) in [4.78, 5) is 11.7. The number of carbonyl (C=O) groups excluding carboxylic acids is 1. The third kappa shape index (κ3) is 6.66. The molecule has 1 aliphatic rings. The summed E-state index contributed by atoms with van der Waals surface area (Å²) in [6.07, 6.45) is 4.22. The van der Waals surface area contributed by atoms with Crippen LogP contribution in [0.4, 0.5) is 0 Å². The summed E-state index contributed by atoms with van der Waals surface area (Å²) >= 11 is 0. The average molecular weight is 263 g/mol. The van der Waals surface area contributed by atoms with Gasteiger partial charge in [-0.25, -0.2) is 0 Å². The van der Waals surface area contributed by atoms with Crippen LogP contribution in [0.25, 0.3) is 0 Å². The third-order valence-corrected chi connectivity index (χ3v) is 2.74. The van der Waals surface area contributed by atoms with Crippen molar-refractivity contribution >= 4 is 18.3 Å². The highest BCUT2D eigenvalue weighted by Crippen LogP contribution is 2.03. The molecule has 1 amide bonds. The van der Waals surface area contributed by atoms with E-state index in [0.717, 1.165) is 32.4 Å². The number of rotatable bonds is 6. The van der Waals surface area contributed by atoms with E-state index in [2.05, 4.69) is 17.2 Å². The Hall–Kier alpha value is -0.580. The summed E-state index contributed by atoms with van der Waals surface area (Å²) in [5.41, 5.74) is 0. The zero-order valence-corrected chi connectivity index (χ0v) is 11.2. The first-order chi connectivity index (χ1) is 7.74. The van der Waals surface area contributed by atoms with Gasteiger partial charge in [-0.2, -0.15) is 0 Å². The quantitative estimate of drug-likeness (QED) is 0.560. The Bertz CT molecular complexity index is 231. The van der Waals surface area contributed by atoms with E-state index in [9.17, 15) is 4.79 Å². The molecule has 1 unspecified atom stereocenters. The van der Waals surface area contributed by atoms with Crippen molar-refractivity contribution in [1.29, 1.82) is 0 Å². The lowest BCUT2D eigenvalue weighted by Crippen LogP contribution is -2.46. The Balaban J connectivity index is 0.00000256. The fourth-order valence-corrected chi connectivity index (χ4v) is 1.69. The SMILES string of the molecule is C=CCCOC(C)C(=O)NC1CCNCC1.Cl. The van der Waals surface area contributed by atoms with E-state index in [0.29, 0.717) is 12.6 Å². The predicted octanol–water partition coefficient (Wildman–Crippen LogP) is 1.26. The van der Waals surface area contributed by atoms with Crippen molar-refractivity contribution < 1.29 is 9.53 Å². The fraction of sp³-hybridized carbons (Fsp3) is 0.750. The zero-order valence-electron chi connectivity index (χ0n) is 10.4. The predicted molar refractivity (Wildman–Crippen MR) is 71.5 cm³/mol. The van der Waals surface area contributed by atoms with Gasteiger partial charge in [-0.1, -0.05) is 6.08 Å². The summed E-state index contributed by atoms with van der Waals surface area (Å²) < 4.78 is 5.39. The van der Waals surface area contributed by atoms with Crippen molar-refractivity contribution in [2.75, 3.05) is 19.7 Å². The van der Waals surface area contributed by atoms with Gasteiger partial charge in [0.05, 0.1) is 6.61 Å². The fourth-order valence-electron chi connectivity index (χ4n) is 1.69. The molecule has 0 radical (unpaired) electrons. The van der Waals surface area contributed by atoms with Gasteiger partial charge in [0.25, 0.3) is 0 Å². The van der Waals surface area contributed by atoms with Crippen LogP contribution in [0.15, 0.2) is 12.7 Å². The molecule has 2 N–H and O–H groups in total. The number of ether oxygens (including phenoxy) is 1. The van der Waals surface area contributed by atoms with E-state index in [1.807, 2.05) is 0 Å². The van der Waals surface area contributed by atoms with Crippen molar-refractivity contribution in [3.63, 3.8) is 0 Å². The minimum atomic E-state index is -0.366. The summed E-state index contributed by atoms with van der Waals surface area (Å²) in [5, 5.41) is 6.28. The van der Waals surface area contributed by atoms with E-state index in [1.165, 1.54) is 0 Å². The minimum absolute atomic E-state index is 0. The van der Waals surface area contributed by atoms with Crippen molar-refractivity contribution in [3.05, 3.63) is 12.7 Å². The van der Waals surface area contributed by atoms with Crippen LogP contribution in [0, 0.1) is 0 Å². The van der Waals surface area contributed by atoms with Gasteiger partial charge in [0.1, 0.15) is 6.10 Å². The summed E-state index contributed by atoms with van der Waals surface area (Å²) in [6, 6.07) is 0.305. The molecular weight excluding hydrogens is 240 g/mol. The maximum atomic E-state index is 11.7. The second-order valence-electron chi connectivity index (χ2n) is 4.12. The molecule has 0 spiro atoms. The summed E-state index contributed by atoms with van der Waals surface area (Å²) in [7, 11) is 0. The Kier molecular flexibility index (Phi) is 9.13. The second-order valence-corrected chi connectivity index (χ2v) is 4.12. The Labute approximate surface area is 110 Å². The normalized spacial score (nSPS) is 17.9. The maximum Gasteiger partial charge on any atom is 0.249 e. The van der Waals surface area contributed by atoms with E-state index >= 15 is 0 Å². The average Bonchev–Trinajstić information content (AvgIpc) is 2.30. The van der Waals surface area contributed by atoms with Gasteiger partial charge >= 0.3 is 0 Å². The first kappa shape index (κ1) is 16.4. The molecule has 100 valence electrons. The van der Waals surface area contributed by atoms with Gasteiger partial charge in [-0.3, -0.25) is 4.79 Å². The molecular formula is C12H23ClN2O2. The lowest BCUT2D eigenvalue weighted by molar-refractivity contribution is -0.132. The van der Waals surface area contributed by atoms with Gasteiger partial charge in [-0.05, 0) is 39.3 Å². The second kappa shape index (κ2) is 9.45. The molecule has 0 aliphatic carbocycles. The number of piperidine rings is 1. The van der Waals surface area contributed by atoms with Gasteiger partial charge in [-0.15, -0.1) is 19.0 Å². The highest BCUT2D eigenvalue weighted by molar-refractivity contribution is 5.85. The Morgan fingerprint density at radius 2 is 2.24 bits per heavy atom. The molecule has 0 aromatic carbocycles. The topological polar surface area (TPSA) is 50.4 Å². The molecule has 0 aromatic rings. The molecule has 5 heteroatoms. The highest BCUT2D eigenvalue weighted by Gasteiger charge is 2.19. The van der Waals surface area contributed by atoms with Gasteiger partial charge < -0.3 is 15.4 Å². The van der Waals surface area contributed by atoms with Crippen molar-refractivity contribution in [3.8, 4) is 0 Å². The van der Waals surface area contributed by atoms with Crippen LogP contribution < -0.4 is 10.6 Å². The Morgan fingerprint density at radius 1 is 1.59 bits per heavy atom. The van der Waals surface area contributed by atoms with Crippen molar-refractivity contribution in [2.45, 2.75) is 38.3 Å². The van der Waals surface area contributed by atoms with Crippen LogP contribution in [0.3, 0.4) is 0 Å². The largest absolute Gasteiger partial charge is 0.368 e. The van der Waals surface area contributed by atoms with Crippen LogP contribution in [0.1, 0.15) is 26.2 Å². The first-order valence-corrected chi connectivity index (χ1v) is 5.97. The molecule has 1 fully saturated rings. The molecule has 1 aliphatic heterocycles. The van der Waals surface area contributed by atoms with Crippen LogP contribution in [0.5, 0.6) is 0 Å². The third-order valence-electron chi connectivity index (χ3n) is 2.74. The summed E-state index contributed by atoms with van der Waals surface area (Å²) in [5.74, 6) is -0.00374. The van der Waals surface area contributed by atoms with E-state index in [-0.39, 0.29) is 24.4 Å². The number of carbonyl (C=O) groups is 1. The van der Waals surface area contributed by atoms with E-state index < -0.39 is 0 Å². The highest BCUT2D eigenvalue weighted by atomic mass is 35.5. The maximum absolute atomic E-state index is 11.7. The zero-order chi connectivity index (χ0) is 11.8. The van der Waals surface area contributed by atoms with E-state index in [4.69, 9.17) is 4.74 Å². The molecule has 17 heavy (non-hydrogen) atoms. The standard InChI is InChI=1S/C12H22N2O2.ClH/c1-3-4-9-16-10(2)12(15)14-11-5-7-13-8-6-11;/h3,10-11,13H,1,4-9H2,2H3,(H,14,15);1H. The van der Waals surface area contributed by atoms with Gasteiger partial charge in [0, 0.05) is 6.04 Å². The molecule has 0 aromatic heterocycles. The number of hydrogen-bond donors (Lipinski definition) is 2. The molecule has 1 atom stereocenters. The molecule has 4 nitrogen and oxygen atoms in total. The first-order valence-electron chi connectivity index (χ1n) is 5.97. The van der Waals surface area contributed by atoms with Gasteiger partial charge in [0.2, 0.25) is 5.91 Å². The van der Waals surface area contributed by atoms with Crippen LogP contribution in [-0.2, 0) is 9.53 Å². The van der Waals surface area contributed by atoms with E-state index in [1.54, 1.807) is 13.0 Å². The lowest BCUT2D eigenvalue weighted by atomic mass is 10.1. The van der Waals surface area contributed by atoms with Crippen LogP contribution in [0.2, 0.25) is 0 Å². The lowest BCUT2D eigenvalue weighted by Gasteiger charge is -2.25. The number of hydrogen-bond acceptors (Lipinski definition) is 3. The molecule has 1 rings (SSSR count). The number of nitrogens with one attached hydrogen (secondary N) is 2. The molecule has 0 saturated carbocycles. The van der Waals surface area contributed by atoms with Crippen LogP contribution in [-0.4, -0.2) is 37.7 Å². The number of halogens is 1. The van der Waals surface area contributed by atoms with Crippen molar-refractivity contribution in [1.82, 2.24) is 10.6 Å². The minimum Gasteiger partial charge on any atom is -0.368 e. The smallest absolute Gasteiger partial charge is 0.249 e. The van der Waals surface area contributed by atoms with Crippen LogP contribution >= 0.6 is 12.4 Å². The molecule has 1 heterocycles.